The predicted octanol–water partition coefficient (Wildman–Crippen LogP) is 4.64. The van der Waals surface area contributed by atoms with E-state index in [2.05, 4.69) is 4.90 Å². The molecule has 3 aromatic rings. The Morgan fingerprint density at radius 1 is 1.05 bits per heavy atom. The van der Waals surface area contributed by atoms with E-state index in [4.69, 9.17) is 26.2 Å². The SMILES string of the molecule is COc1ccccc1C1CC(c2ccc(F)cc2)=NN1C(=O)CN(CCN1CCOCC1)C(=O)c1ccccc1Cl. The lowest BCUT2D eigenvalue weighted by molar-refractivity contribution is -0.133. The molecule has 1 saturated heterocycles. The second-order valence-electron chi connectivity index (χ2n) is 9.91. The zero-order chi connectivity index (χ0) is 28.8. The third-order valence-electron chi connectivity index (χ3n) is 7.35. The molecule has 3 aromatic carbocycles. The Labute approximate surface area is 243 Å². The fraction of sp³-hybridized carbons (Fsp3) is 0.323. The van der Waals surface area contributed by atoms with Crippen molar-refractivity contribution in [3.63, 3.8) is 0 Å². The van der Waals surface area contributed by atoms with Gasteiger partial charge >= 0.3 is 0 Å². The molecule has 41 heavy (non-hydrogen) atoms. The van der Waals surface area contributed by atoms with Gasteiger partial charge in [0.25, 0.3) is 11.8 Å². The molecule has 0 spiro atoms. The van der Waals surface area contributed by atoms with E-state index in [1.54, 1.807) is 43.5 Å². The number of para-hydroxylation sites is 1. The summed E-state index contributed by atoms with van der Waals surface area (Å²) in [5.74, 6) is -0.397. The number of hydrogen-bond donors (Lipinski definition) is 0. The number of hydrogen-bond acceptors (Lipinski definition) is 6. The summed E-state index contributed by atoms with van der Waals surface area (Å²) >= 11 is 6.38. The van der Waals surface area contributed by atoms with Crippen molar-refractivity contribution in [1.29, 1.82) is 0 Å². The Hall–Kier alpha value is -3.79. The van der Waals surface area contributed by atoms with Crippen LogP contribution in [0.4, 0.5) is 4.39 Å². The molecule has 0 aromatic heterocycles. The van der Waals surface area contributed by atoms with Crippen LogP contribution in [0, 0.1) is 5.82 Å². The smallest absolute Gasteiger partial charge is 0.262 e. The molecule has 1 atom stereocenters. The molecular weight excluding hydrogens is 547 g/mol. The molecule has 214 valence electrons. The van der Waals surface area contributed by atoms with E-state index in [0.29, 0.717) is 54.8 Å². The van der Waals surface area contributed by atoms with E-state index < -0.39 is 6.04 Å². The van der Waals surface area contributed by atoms with Crippen LogP contribution in [0.2, 0.25) is 5.02 Å². The van der Waals surface area contributed by atoms with Crippen molar-refractivity contribution >= 4 is 29.1 Å². The fourth-order valence-electron chi connectivity index (χ4n) is 5.12. The molecule has 10 heteroatoms. The Morgan fingerprint density at radius 2 is 1.76 bits per heavy atom. The average Bonchev–Trinajstić information content (AvgIpc) is 3.45. The molecule has 2 aliphatic heterocycles. The van der Waals surface area contributed by atoms with Crippen molar-refractivity contribution in [2.45, 2.75) is 12.5 Å². The van der Waals surface area contributed by atoms with Crippen molar-refractivity contribution in [3.05, 3.63) is 100 Å². The summed E-state index contributed by atoms with van der Waals surface area (Å²) in [4.78, 5) is 31.4. The van der Waals surface area contributed by atoms with Gasteiger partial charge in [0.1, 0.15) is 18.1 Å². The predicted molar refractivity (Wildman–Crippen MR) is 155 cm³/mol. The summed E-state index contributed by atoms with van der Waals surface area (Å²) < 4.78 is 24.7. The average molecular weight is 579 g/mol. The summed E-state index contributed by atoms with van der Waals surface area (Å²) in [6, 6.07) is 19.9. The number of methoxy groups -OCH3 is 1. The monoisotopic (exact) mass is 578 g/mol. The van der Waals surface area contributed by atoms with Crippen LogP contribution >= 0.6 is 11.6 Å². The van der Waals surface area contributed by atoms with E-state index in [1.807, 2.05) is 24.3 Å². The minimum Gasteiger partial charge on any atom is -0.496 e. The van der Waals surface area contributed by atoms with E-state index in [0.717, 1.165) is 24.2 Å². The molecule has 1 fully saturated rings. The standard InChI is InChI=1S/C31H32ClFN4O4/c1-40-29-9-5-3-7-25(29)28-20-27(22-10-12-23(33)13-11-22)34-37(28)30(38)21-36(15-14-35-16-18-41-19-17-35)31(39)24-6-2-4-8-26(24)32/h2-13,28H,14-21H2,1H3. The van der Waals surface area contributed by atoms with Crippen LogP contribution in [0.3, 0.4) is 0 Å². The maximum atomic E-state index is 14.0. The number of amides is 2. The third kappa shape index (κ3) is 6.75. The van der Waals surface area contributed by atoms with Gasteiger partial charge < -0.3 is 14.4 Å². The summed E-state index contributed by atoms with van der Waals surface area (Å²) in [5, 5.41) is 6.46. The number of nitrogens with zero attached hydrogens (tertiary/aromatic N) is 4. The lowest BCUT2D eigenvalue weighted by atomic mass is 9.97. The Bertz CT molecular complexity index is 1410. The van der Waals surface area contributed by atoms with Crippen LogP contribution in [0.1, 0.15) is 33.9 Å². The largest absolute Gasteiger partial charge is 0.496 e. The van der Waals surface area contributed by atoms with Crippen molar-refractivity contribution in [1.82, 2.24) is 14.8 Å². The van der Waals surface area contributed by atoms with Gasteiger partial charge in [0.15, 0.2) is 0 Å². The van der Waals surface area contributed by atoms with Gasteiger partial charge in [-0.3, -0.25) is 14.5 Å². The number of benzene rings is 3. The van der Waals surface area contributed by atoms with Gasteiger partial charge in [-0.15, -0.1) is 0 Å². The van der Waals surface area contributed by atoms with Gasteiger partial charge in [-0.2, -0.15) is 5.10 Å². The van der Waals surface area contributed by atoms with Gasteiger partial charge in [-0.25, -0.2) is 9.40 Å². The molecule has 5 rings (SSSR count). The molecule has 0 radical (unpaired) electrons. The highest BCUT2D eigenvalue weighted by atomic mass is 35.5. The molecule has 2 amide bonds. The molecule has 0 N–H and O–H groups in total. The first-order valence-corrected chi connectivity index (χ1v) is 13.9. The molecule has 0 bridgehead atoms. The quantitative estimate of drug-likeness (QED) is 0.370. The topological polar surface area (TPSA) is 74.7 Å². The lowest BCUT2D eigenvalue weighted by Gasteiger charge is -2.31. The number of rotatable bonds is 9. The molecular formula is C31H32ClFN4O4. The van der Waals surface area contributed by atoms with Crippen LogP contribution in [-0.2, 0) is 9.53 Å². The highest BCUT2D eigenvalue weighted by Crippen LogP contribution is 2.37. The second kappa shape index (κ2) is 13.2. The van der Waals surface area contributed by atoms with E-state index in [-0.39, 0.29) is 24.2 Å². The van der Waals surface area contributed by atoms with Gasteiger partial charge in [-0.05, 0) is 35.9 Å². The minimum atomic E-state index is -0.463. The van der Waals surface area contributed by atoms with Gasteiger partial charge in [0.05, 0.1) is 42.7 Å². The number of carbonyl (C=O) groups excluding carboxylic acids is 2. The Morgan fingerprint density at radius 3 is 2.49 bits per heavy atom. The molecule has 8 nitrogen and oxygen atoms in total. The highest BCUT2D eigenvalue weighted by molar-refractivity contribution is 6.33. The number of morpholine rings is 1. The molecule has 0 aliphatic carbocycles. The molecule has 1 unspecified atom stereocenters. The van der Waals surface area contributed by atoms with Crippen LogP contribution in [0.15, 0.2) is 77.9 Å². The summed E-state index contributed by atoms with van der Waals surface area (Å²) in [6.07, 6.45) is 0.407. The normalized spacial score (nSPS) is 17.3. The third-order valence-corrected chi connectivity index (χ3v) is 7.68. The molecule has 2 aliphatic rings. The first kappa shape index (κ1) is 28.7. The van der Waals surface area contributed by atoms with Crippen LogP contribution in [0.25, 0.3) is 0 Å². The minimum absolute atomic E-state index is 0.194. The number of hydrazone groups is 1. The molecule has 0 saturated carbocycles. The van der Waals surface area contributed by atoms with Gasteiger partial charge in [0.2, 0.25) is 0 Å². The lowest BCUT2D eigenvalue weighted by Crippen LogP contribution is -2.46. The van der Waals surface area contributed by atoms with E-state index in [9.17, 15) is 14.0 Å². The maximum Gasteiger partial charge on any atom is 0.262 e. The number of halogens is 2. The first-order chi connectivity index (χ1) is 19.9. The zero-order valence-electron chi connectivity index (χ0n) is 22.8. The highest BCUT2D eigenvalue weighted by Gasteiger charge is 2.36. The van der Waals surface area contributed by atoms with Crippen molar-refractivity contribution in [2.24, 2.45) is 5.10 Å². The van der Waals surface area contributed by atoms with Crippen LogP contribution < -0.4 is 4.74 Å². The van der Waals surface area contributed by atoms with Crippen molar-refractivity contribution in [2.75, 3.05) is 53.0 Å². The van der Waals surface area contributed by atoms with Crippen molar-refractivity contribution in [3.8, 4) is 5.75 Å². The molecule has 2 heterocycles. The first-order valence-electron chi connectivity index (χ1n) is 13.6. The van der Waals surface area contributed by atoms with Crippen molar-refractivity contribution < 1.29 is 23.5 Å². The summed E-state index contributed by atoms with van der Waals surface area (Å²) in [5.41, 5.74) is 2.49. The van der Waals surface area contributed by atoms with Crippen LogP contribution in [-0.4, -0.2) is 85.4 Å². The number of ether oxygens (including phenoxy) is 2. The van der Waals surface area contributed by atoms with E-state index >= 15 is 0 Å². The fourth-order valence-corrected chi connectivity index (χ4v) is 5.34. The second-order valence-corrected chi connectivity index (χ2v) is 10.3. The number of carbonyl (C=O) groups is 2. The summed E-state index contributed by atoms with van der Waals surface area (Å²) in [6.45, 7) is 3.51. The van der Waals surface area contributed by atoms with Crippen LogP contribution in [0.5, 0.6) is 5.75 Å². The Balaban J connectivity index is 1.44. The maximum absolute atomic E-state index is 14.0. The summed E-state index contributed by atoms with van der Waals surface area (Å²) in [7, 11) is 1.58. The Kier molecular flexibility index (Phi) is 9.28. The van der Waals surface area contributed by atoms with E-state index in [1.165, 1.54) is 22.0 Å². The van der Waals surface area contributed by atoms with Gasteiger partial charge in [-0.1, -0.05) is 54.1 Å². The van der Waals surface area contributed by atoms with Gasteiger partial charge in [0, 0.05) is 38.2 Å². The zero-order valence-corrected chi connectivity index (χ0v) is 23.6.